The fourth-order valence-electron chi connectivity index (χ4n) is 8.93. The van der Waals surface area contributed by atoms with Crippen molar-refractivity contribution >= 4 is 28.9 Å². The van der Waals surface area contributed by atoms with Crippen LogP contribution in [0, 0.1) is 0 Å². The van der Waals surface area contributed by atoms with E-state index in [2.05, 4.69) is 42.6 Å². The van der Waals surface area contributed by atoms with Crippen LogP contribution in [-0.4, -0.2) is 86.5 Å². The largest absolute Gasteiger partial charge is 0.392 e. The first-order valence-electron chi connectivity index (χ1n) is 17.5. The third-order valence-corrected chi connectivity index (χ3v) is 11.5. The Labute approximate surface area is 284 Å². The third-order valence-electron chi connectivity index (χ3n) is 11.5. The van der Waals surface area contributed by atoms with Gasteiger partial charge in [-0.3, -0.25) is 19.4 Å². The molecule has 12 nitrogen and oxygen atoms in total. The molecule has 2 unspecified atom stereocenters. The van der Waals surface area contributed by atoms with Crippen LogP contribution in [-0.2, 0) is 24.9 Å². The summed E-state index contributed by atoms with van der Waals surface area (Å²) in [4.78, 5) is 43.1. The van der Waals surface area contributed by atoms with E-state index in [0.717, 1.165) is 49.8 Å². The molecule has 3 atom stereocenters. The zero-order valence-electron chi connectivity index (χ0n) is 28.0. The number of amides is 1. The lowest BCUT2D eigenvalue weighted by molar-refractivity contribution is -0.0691. The van der Waals surface area contributed by atoms with Crippen LogP contribution in [0.1, 0.15) is 65.3 Å². The average Bonchev–Trinajstić information content (AvgIpc) is 3.81. The van der Waals surface area contributed by atoms with Crippen molar-refractivity contribution in [2.75, 3.05) is 54.5 Å². The molecule has 4 aromatic rings. The van der Waals surface area contributed by atoms with Crippen molar-refractivity contribution in [3.05, 3.63) is 81.8 Å². The second-order valence-electron chi connectivity index (χ2n) is 14.3. The van der Waals surface area contributed by atoms with Gasteiger partial charge in [0.25, 0.3) is 11.5 Å². The molecule has 2 N–H and O–H groups in total. The van der Waals surface area contributed by atoms with Gasteiger partial charge in [0.2, 0.25) is 0 Å². The minimum Gasteiger partial charge on any atom is -0.392 e. The number of rotatable bonds is 7. The SMILES string of the molecule is CC1CN(C2COC2)CCN1c1ccc(Nc2cc(-c3ccnc(N4CCn5c(cc6c5[C@H]5CCC6C5)C4=O)c3CO)cn(C)c2=O)nc1. The van der Waals surface area contributed by atoms with Crippen LogP contribution in [0.15, 0.2) is 53.7 Å². The zero-order chi connectivity index (χ0) is 33.4. The number of fused-ring (bicyclic) bond motifs is 7. The van der Waals surface area contributed by atoms with Crippen LogP contribution >= 0.6 is 0 Å². The molecule has 0 aromatic carbocycles. The number of pyridine rings is 3. The Morgan fingerprint density at radius 3 is 2.63 bits per heavy atom. The maximum atomic E-state index is 13.9. The topological polar surface area (TPSA) is 121 Å². The number of carbonyl (C=O) groups excluding carboxylic acids is 1. The van der Waals surface area contributed by atoms with Gasteiger partial charge in [0.15, 0.2) is 0 Å². The fourth-order valence-corrected chi connectivity index (χ4v) is 8.93. The summed E-state index contributed by atoms with van der Waals surface area (Å²) in [6, 6.07) is 10.6. The van der Waals surface area contributed by atoms with E-state index in [1.165, 1.54) is 35.1 Å². The van der Waals surface area contributed by atoms with Crippen molar-refractivity contribution in [2.45, 2.75) is 63.3 Å². The number of anilines is 4. The van der Waals surface area contributed by atoms with E-state index in [1.807, 2.05) is 24.4 Å². The molecule has 9 rings (SSSR count). The van der Waals surface area contributed by atoms with Crippen molar-refractivity contribution in [1.82, 2.24) is 24.0 Å². The van der Waals surface area contributed by atoms with Crippen LogP contribution in [0.2, 0.25) is 0 Å². The Morgan fingerprint density at radius 2 is 1.88 bits per heavy atom. The minimum absolute atomic E-state index is 0.0824. The Kier molecular flexibility index (Phi) is 7.36. The maximum absolute atomic E-state index is 13.9. The molecule has 0 radical (unpaired) electrons. The monoisotopic (exact) mass is 662 g/mol. The van der Waals surface area contributed by atoms with Gasteiger partial charge in [0.05, 0.1) is 37.7 Å². The molecule has 2 saturated heterocycles. The lowest BCUT2D eigenvalue weighted by Crippen LogP contribution is -2.59. The highest BCUT2D eigenvalue weighted by Gasteiger charge is 2.43. The summed E-state index contributed by atoms with van der Waals surface area (Å²) < 4.78 is 9.15. The first-order valence-corrected chi connectivity index (χ1v) is 17.5. The number of aliphatic hydroxyl groups excluding tert-OH is 1. The molecule has 254 valence electrons. The number of aryl methyl sites for hydroxylation is 1. The number of aromatic nitrogens is 4. The van der Waals surface area contributed by atoms with E-state index < -0.39 is 0 Å². The van der Waals surface area contributed by atoms with Crippen molar-refractivity contribution in [3.8, 4) is 11.1 Å². The first kappa shape index (κ1) is 30.5. The number of hydrogen-bond donors (Lipinski definition) is 2. The molecule has 4 aromatic heterocycles. The van der Waals surface area contributed by atoms with Gasteiger partial charge in [-0.15, -0.1) is 0 Å². The number of nitrogens with one attached hydrogen (secondary N) is 1. The fraction of sp³-hybridized carbons (Fsp3) is 0.459. The highest BCUT2D eigenvalue weighted by molar-refractivity contribution is 6.06. The van der Waals surface area contributed by atoms with Gasteiger partial charge in [-0.2, -0.15) is 0 Å². The molecule has 3 aliphatic heterocycles. The quantitative estimate of drug-likeness (QED) is 0.304. The molecule has 2 aliphatic carbocycles. The van der Waals surface area contributed by atoms with Crippen molar-refractivity contribution in [1.29, 1.82) is 0 Å². The van der Waals surface area contributed by atoms with Crippen LogP contribution in [0.25, 0.3) is 11.1 Å². The summed E-state index contributed by atoms with van der Waals surface area (Å²) in [5.74, 6) is 2.08. The Morgan fingerprint density at radius 1 is 1.02 bits per heavy atom. The highest BCUT2D eigenvalue weighted by Crippen LogP contribution is 2.54. The predicted octanol–water partition coefficient (Wildman–Crippen LogP) is 3.81. The van der Waals surface area contributed by atoms with Gasteiger partial charge < -0.3 is 29.2 Å². The lowest BCUT2D eigenvalue weighted by atomic mass is 9.98. The first-order chi connectivity index (χ1) is 23.9. The average molecular weight is 663 g/mol. The number of ether oxygens (including phenoxy) is 1. The van der Waals surface area contributed by atoms with Gasteiger partial charge >= 0.3 is 0 Å². The van der Waals surface area contributed by atoms with Gasteiger partial charge in [-0.05, 0) is 73.6 Å². The molecule has 3 fully saturated rings. The van der Waals surface area contributed by atoms with E-state index >= 15 is 0 Å². The number of piperazine rings is 1. The van der Waals surface area contributed by atoms with E-state index in [0.29, 0.717) is 65.5 Å². The molecular weight excluding hydrogens is 620 g/mol. The number of hydrogen-bond acceptors (Lipinski definition) is 9. The second kappa shape index (κ2) is 11.8. The smallest absolute Gasteiger partial charge is 0.276 e. The van der Waals surface area contributed by atoms with Gasteiger partial charge in [-0.1, -0.05) is 0 Å². The third kappa shape index (κ3) is 4.99. The van der Waals surface area contributed by atoms with Crippen LogP contribution < -0.4 is 20.7 Å². The highest BCUT2D eigenvalue weighted by atomic mass is 16.5. The second-order valence-corrected chi connectivity index (χ2v) is 14.3. The molecule has 1 amide bonds. The van der Waals surface area contributed by atoms with Gasteiger partial charge in [-0.25, -0.2) is 9.97 Å². The lowest BCUT2D eigenvalue weighted by Gasteiger charge is -2.46. The van der Waals surface area contributed by atoms with Crippen molar-refractivity contribution in [3.63, 3.8) is 0 Å². The number of aliphatic hydroxyl groups is 1. The molecule has 1 saturated carbocycles. The predicted molar refractivity (Wildman–Crippen MR) is 187 cm³/mol. The van der Waals surface area contributed by atoms with E-state index in [-0.39, 0.29) is 18.1 Å². The van der Waals surface area contributed by atoms with Crippen LogP contribution in [0.5, 0.6) is 0 Å². The van der Waals surface area contributed by atoms with E-state index in [4.69, 9.17) is 4.74 Å². The molecule has 2 bridgehead atoms. The standard InChI is InChI=1S/C37H42N8O4/c1-22-17-42(27-20-49-21-27)9-10-43(22)26-5-6-33(39-16-26)40-31-14-25(18-41(2)36(31)47)28-7-8-38-35(30(28)19-46)45-12-11-44-32(37(45)48)15-29-23-3-4-24(13-23)34(29)44/h5-8,14-16,18,22-24,27,46H,3-4,9-13,17,19-21H2,1-2H3,(H,39,40)/t22?,23?,24-/m0/s1. The summed E-state index contributed by atoms with van der Waals surface area (Å²) in [6.45, 7) is 7.70. The molecule has 49 heavy (non-hydrogen) atoms. The number of carbonyl (C=O) groups is 1. The summed E-state index contributed by atoms with van der Waals surface area (Å²) in [6.07, 6.45) is 8.92. The molecule has 7 heterocycles. The van der Waals surface area contributed by atoms with E-state index in [9.17, 15) is 14.7 Å². The van der Waals surface area contributed by atoms with Gasteiger partial charge in [0, 0.05) is 80.9 Å². The minimum atomic E-state index is -0.306. The van der Waals surface area contributed by atoms with E-state index in [1.54, 1.807) is 30.4 Å². The summed E-state index contributed by atoms with van der Waals surface area (Å²) in [5, 5.41) is 13.9. The normalized spacial score (nSPS) is 23.5. The zero-order valence-corrected chi connectivity index (χ0v) is 28.0. The Hall–Kier alpha value is -4.52. The Bertz CT molecular complexity index is 2000. The molecular formula is C37H42N8O4. The summed E-state index contributed by atoms with van der Waals surface area (Å²) in [5.41, 5.74) is 6.64. The number of nitrogens with zero attached hydrogens (tertiary/aromatic N) is 7. The van der Waals surface area contributed by atoms with Crippen LogP contribution in [0.4, 0.5) is 23.0 Å². The summed E-state index contributed by atoms with van der Waals surface area (Å²) >= 11 is 0. The van der Waals surface area contributed by atoms with Crippen LogP contribution in [0.3, 0.4) is 0 Å². The van der Waals surface area contributed by atoms with Crippen molar-refractivity contribution in [2.24, 2.45) is 7.05 Å². The molecule has 0 spiro atoms. The maximum Gasteiger partial charge on any atom is 0.276 e. The Balaban J connectivity index is 0.968. The molecule has 12 heteroatoms. The van der Waals surface area contributed by atoms with Crippen molar-refractivity contribution < 1.29 is 14.6 Å². The molecule has 5 aliphatic rings. The summed E-state index contributed by atoms with van der Waals surface area (Å²) in [7, 11) is 1.71. The van der Waals surface area contributed by atoms with Gasteiger partial charge in [0.1, 0.15) is 23.0 Å².